The molecule has 138 valence electrons. The molecule has 4 nitrogen and oxygen atoms in total. The first-order chi connectivity index (χ1) is 11.7. The maximum Gasteiger partial charge on any atom is 0.341 e. The molecule has 0 aromatic rings. The fraction of sp³-hybridized carbons (Fsp3) is 0.650. The standard InChI is InChI=1S/C20H34O4/c1-2-3-12-15-19(21)16-13-10-8-6-4-5-7-9-11-14-17-24-18-20(22)23/h4-5,8,10,14,17,19,21H,2-3,6-7,9,11-13,15-16,18H2,1H3,(H,22,23). The van der Waals surface area contributed by atoms with Gasteiger partial charge in [-0.3, -0.25) is 0 Å². The molecule has 0 aliphatic heterocycles. The van der Waals surface area contributed by atoms with Gasteiger partial charge < -0.3 is 14.9 Å². The molecule has 0 aliphatic rings. The number of ether oxygens (including phenoxy) is 1. The summed E-state index contributed by atoms with van der Waals surface area (Å²) in [4.78, 5) is 10.2. The number of hydrogen-bond acceptors (Lipinski definition) is 3. The van der Waals surface area contributed by atoms with E-state index in [-0.39, 0.29) is 12.7 Å². The molecular weight excluding hydrogens is 304 g/mol. The van der Waals surface area contributed by atoms with Crippen molar-refractivity contribution in [3.8, 4) is 0 Å². The number of carboxylic acid groups (broad SMARTS) is 1. The third kappa shape index (κ3) is 18.5. The highest BCUT2D eigenvalue weighted by Gasteiger charge is 2.01. The molecule has 0 heterocycles. The fourth-order valence-electron chi connectivity index (χ4n) is 2.18. The second-order valence-electron chi connectivity index (χ2n) is 5.91. The van der Waals surface area contributed by atoms with E-state index >= 15 is 0 Å². The second-order valence-corrected chi connectivity index (χ2v) is 5.91. The molecule has 0 aromatic carbocycles. The van der Waals surface area contributed by atoms with E-state index in [4.69, 9.17) is 9.84 Å². The van der Waals surface area contributed by atoms with Crippen LogP contribution in [0.1, 0.15) is 71.1 Å². The number of aliphatic carboxylic acids is 1. The number of unbranched alkanes of at least 4 members (excludes halogenated alkanes) is 4. The van der Waals surface area contributed by atoms with Gasteiger partial charge in [-0.15, -0.1) is 0 Å². The molecule has 0 spiro atoms. The van der Waals surface area contributed by atoms with Crippen molar-refractivity contribution in [1.82, 2.24) is 0 Å². The van der Waals surface area contributed by atoms with Gasteiger partial charge in [0.1, 0.15) is 0 Å². The van der Waals surface area contributed by atoms with Crippen molar-refractivity contribution >= 4 is 5.97 Å². The van der Waals surface area contributed by atoms with Crippen LogP contribution in [0.5, 0.6) is 0 Å². The normalized spacial score (nSPS) is 13.2. The summed E-state index contributed by atoms with van der Waals surface area (Å²) in [5.41, 5.74) is 0. The Bertz CT molecular complexity index is 372. The zero-order chi connectivity index (χ0) is 17.9. The maximum absolute atomic E-state index is 10.2. The molecule has 0 rings (SSSR count). The Morgan fingerprint density at radius 2 is 1.67 bits per heavy atom. The molecule has 0 fully saturated rings. The summed E-state index contributed by atoms with van der Waals surface area (Å²) >= 11 is 0. The summed E-state index contributed by atoms with van der Waals surface area (Å²) in [5, 5.41) is 18.2. The van der Waals surface area contributed by atoms with Crippen LogP contribution in [-0.2, 0) is 9.53 Å². The van der Waals surface area contributed by atoms with Crippen LogP contribution in [-0.4, -0.2) is 28.9 Å². The summed E-state index contributed by atoms with van der Waals surface area (Å²) < 4.78 is 4.80. The van der Waals surface area contributed by atoms with E-state index in [9.17, 15) is 9.90 Å². The predicted molar refractivity (Wildman–Crippen MR) is 98.9 cm³/mol. The lowest BCUT2D eigenvalue weighted by Gasteiger charge is -2.07. The van der Waals surface area contributed by atoms with Gasteiger partial charge in [-0.1, -0.05) is 50.5 Å². The number of carboxylic acids is 1. The number of carbonyl (C=O) groups is 1. The van der Waals surface area contributed by atoms with E-state index in [0.717, 1.165) is 51.4 Å². The third-order valence-electron chi connectivity index (χ3n) is 3.55. The molecular formula is C20H34O4. The van der Waals surface area contributed by atoms with E-state index in [1.807, 2.05) is 6.08 Å². The van der Waals surface area contributed by atoms with Crippen LogP contribution in [0.3, 0.4) is 0 Å². The van der Waals surface area contributed by atoms with Gasteiger partial charge in [-0.25, -0.2) is 4.79 Å². The third-order valence-corrected chi connectivity index (χ3v) is 3.55. The quantitative estimate of drug-likeness (QED) is 0.236. The van der Waals surface area contributed by atoms with Crippen molar-refractivity contribution in [3.05, 3.63) is 36.6 Å². The van der Waals surface area contributed by atoms with Crippen molar-refractivity contribution in [2.24, 2.45) is 0 Å². The number of rotatable bonds is 16. The first-order valence-corrected chi connectivity index (χ1v) is 9.13. The average Bonchev–Trinajstić information content (AvgIpc) is 2.55. The Balaban J connectivity index is 3.40. The molecule has 0 aliphatic carbocycles. The van der Waals surface area contributed by atoms with E-state index in [1.165, 1.54) is 19.1 Å². The number of aliphatic hydroxyl groups is 1. The van der Waals surface area contributed by atoms with Crippen LogP contribution < -0.4 is 0 Å². The van der Waals surface area contributed by atoms with Crippen LogP contribution in [0, 0.1) is 0 Å². The lowest BCUT2D eigenvalue weighted by molar-refractivity contribution is -0.140. The van der Waals surface area contributed by atoms with Crippen LogP contribution in [0.4, 0.5) is 0 Å². The van der Waals surface area contributed by atoms with Crippen molar-refractivity contribution < 1.29 is 19.7 Å². The molecule has 0 amide bonds. The molecule has 0 saturated heterocycles. The van der Waals surface area contributed by atoms with Crippen LogP contribution in [0.15, 0.2) is 36.6 Å². The molecule has 0 radical (unpaired) electrons. The van der Waals surface area contributed by atoms with Gasteiger partial charge in [0.05, 0.1) is 12.4 Å². The Kier molecular flexibility index (Phi) is 16.6. The molecule has 0 aromatic heterocycles. The highest BCUT2D eigenvalue weighted by molar-refractivity contribution is 5.68. The van der Waals surface area contributed by atoms with Gasteiger partial charge in [-0.05, 0) is 51.0 Å². The minimum Gasteiger partial charge on any atom is -0.490 e. The van der Waals surface area contributed by atoms with Gasteiger partial charge in [0.15, 0.2) is 6.61 Å². The lowest BCUT2D eigenvalue weighted by Crippen LogP contribution is -2.05. The number of allylic oxidation sites excluding steroid dienone is 5. The molecule has 4 heteroatoms. The van der Waals surface area contributed by atoms with Gasteiger partial charge >= 0.3 is 5.97 Å². The Labute approximate surface area is 146 Å². The predicted octanol–water partition coefficient (Wildman–Crippen LogP) is 5.00. The summed E-state index contributed by atoms with van der Waals surface area (Å²) in [5.74, 6) is -0.957. The van der Waals surface area contributed by atoms with Crippen molar-refractivity contribution in [2.45, 2.75) is 77.2 Å². The minimum absolute atomic E-state index is 0.149. The first-order valence-electron chi connectivity index (χ1n) is 9.13. The number of hydrogen-bond donors (Lipinski definition) is 2. The Morgan fingerprint density at radius 3 is 2.38 bits per heavy atom. The fourth-order valence-corrected chi connectivity index (χ4v) is 2.18. The molecule has 24 heavy (non-hydrogen) atoms. The van der Waals surface area contributed by atoms with Gasteiger partial charge in [0.2, 0.25) is 0 Å². The number of aliphatic hydroxyl groups excluding tert-OH is 1. The highest BCUT2D eigenvalue weighted by atomic mass is 16.5. The largest absolute Gasteiger partial charge is 0.490 e. The summed E-state index contributed by atoms with van der Waals surface area (Å²) in [6, 6.07) is 0. The first kappa shape index (κ1) is 22.4. The molecule has 1 atom stereocenters. The van der Waals surface area contributed by atoms with Gasteiger partial charge in [0, 0.05) is 0 Å². The monoisotopic (exact) mass is 338 g/mol. The summed E-state index contributed by atoms with van der Waals surface area (Å²) in [6.07, 6.45) is 21.9. The topological polar surface area (TPSA) is 66.8 Å². The average molecular weight is 338 g/mol. The van der Waals surface area contributed by atoms with Crippen LogP contribution >= 0.6 is 0 Å². The molecule has 0 saturated carbocycles. The van der Waals surface area contributed by atoms with Crippen molar-refractivity contribution in [2.75, 3.05) is 6.61 Å². The van der Waals surface area contributed by atoms with E-state index in [2.05, 4.69) is 31.2 Å². The highest BCUT2D eigenvalue weighted by Crippen LogP contribution is 2.08. The Hall–Kier alpha value is -1.55. The van der Waals surface area contributed by atoms with E-state index < -0.39 is 5.97 Å². The zero-order valence-electron chi connectivity index (χ0n) is 15.0. The SMILES string of the molecule is CCCCCC(O)CCC=CCC=CCCCC=COCC(=O)O. The molecule has 2 N–H and O–H groups in total. The van der Waals surface area contributed by atoms with Crippen molar-refractivity contribution in [3.63, 3.8) is 0 Å². The molecule has 0 bridgehead atoms. The van der Waals surface area contributed by atoms with Gasteiger partial charge in [0.25, 0.3) is 0 Å². The van der Waals surface area contributed by atoms with E-state index in [0.29, 0.717) is 0 Å². The van der Waals surface area contributed by atoms with Crippen molar-refractivity contribution in [1.29, 1.82) is 0 Å². The maximum atomic E-state index is 10.2. The Morgan fingerprint density at radius 1 is 0.958 bits per heavy atom. The smallest absolute Gasteiger partial charge is 0.341 e. The van der Waals surface area contributed by atoms with Crippen LogP contribution in [0.2, 0.25) is 0 Å². The summed E-state index contributed by atoms with van der Waals surface area (Å²) in [7, 11) is 0. The lowest BCUT2D eigenvalue weighted by atomic mass is 10.1. The van der Waals surface area contributed by atoms with Gasteiger partial charge in [-0.2, -0.15) is 0 Å². The van der Waals surface area contributed by atoms with E-state index in [1.54, 1.807) is 0 Å². The molecule has 1 unspecified atom stereocenters. The van der Waals surface area contributed by atoms with Crippen LogP contribution in [0.25, 0.3) is 0 Å². The minimum atomic E-state index is -0.957. The second kappa shape index (κ2) is 17.8. The zero-order valence-corrected chi connectivity index (χ0v) is 15.0. The summed E-state index contributed by atoms with van der Waals surface area (Å²) in [6.45, 7) is 1.90.